The Morgan fingerprint density at radius 2 is 2.23 bits per heavy atom. The number of tetrazole rings is 1. The van der Waals surface area contributed by atoms with Crippen LogP contribution < -0.4 is 0 Å². The Morgan fingerprint density at radius 3 is 2.69 bits per heavy atom. The molecule has 1 fully saturated rings. The van der Waals surface area contributed by atoms with Crippen molar-refractivity contribution in [2.24, 2.45) is 7.05 Å². The van der Waals surface area contributed by atoms with Gasteiger partial charge >= 0.3 is 0 Å². The summed E-state index contributed by atoms with van der Waals surface area (Å²) in [7, 11) is 3.66. The summed E-state index contributed by atoms with van der Waals surface area (Å²) in [5.74, 6) is 0.430. The van der Waals surface area contributed by atoms with Crippen molar-refractivity contribution in [3.05, 3.63) is 5.82 Å². The Balaban J connectivity index is 2.25. The molecule has 2 heterocycles. The number of likely N-dealkylation sites (N-methyl/N-ethyl adjacent to an activating group) is 1. The molecule has 1 unspecified atom stereocenters. The first-order valence-electron chi connectivity index (χ1n) is 4.25. The molecule has 0 aromatic carbocycles. The third-order valence-electron chi connectivity index (χ3n) is 2.36. The second-order valence-corrected chi connectivity index (χ2v) is 3.62. The van der Waals surface area contributed by atoms with Gasteiger partial charge in [0.25, 0.3) is 0 Å². The van der Waals surface area contributed by atoms with Gasteiger partial charge in [0.05, 0.1) is 7.05 Å². The van der Waals surface area contributed by atoms with E-state index in [1.807, 2.05) is 7.05 Å². The summed E-state index contributed by atoms with van der Waals surface area (Å²) in [6.07, 6.45) is 0.676. The van der Waals surface area contributed by atoms with E-state index in [0.717, 1.165) is 6.54 Å². The van der Waals surface area contributed by atoms with Gasteiger partial charge < -0.3 is 10.0 Å². The van der Waals surface area contributed by atoms with Crippen LogP contribution in [0.3, 0.4) is 0 Å². The third kappa shape index (κ3) is 1.42. The van der Waals surface area contributed by atoms with Crippen LogP contribution in [0.2, 0.25) is 0 Å². The lowest BCUT2D eigenvalue weighted by Crippen LogP contribution is -2.30. The van der Waals surface area contributed by atoms with Crippen molar-refractivity contribution < 1.29 is 5.11 Å². The van der Waals surface area contributed by atoms with Gasteiger partial charge in [0, 0.05) is 13.1 Å². The summed E-state index contributed by atoms with van der Waals surface area (Å²) in [5.41, 5.74) is -0.900. The van der Waals surface area contributed by atoms with Crippen LogP contribution in [0, 0.1) is 0 Å². The molecule has 1 atom stereocenters. The standard InChI is InChI=1S/C7H13N5O/c1-11-4-3-7(13,5-11)6-8-10-12(2)9-6/h13H,3-5H2,1-2H3. The van der Waals surface area contributed by atoms with Crippen molar-refractivity contribution in [3.63, 3.8) is 0 Å². The SMILES string of the molecule is CN1CCC(O)(c2nnn(C)n2)C1. The van der Waals surface area contributed by atoms with Gasteiger partial charge in [0.2, 0.25) is 5.82 Å². The fourth-order valence-electron chi connectivity index (χ4n) is 1.63. The molecule has 13 heavy (non-hydrogen) atoms. The maximum absolute atomic E-state index is 10.1. The molecule has 72 valence electrons. The molecule has 1 aliphatic rings. The molecular formula is C7H13N5O. The topological polar surface area (TPSA) is 67.1 Å². The molecular weight excluding hydrogens is 170 g/mol. The van der Waals surface area contributed by atoms with Crippen LogP contribution in [0.4, 0.5) is 0 Å². The lowest BCUT2D eigenvalue weighted by molar-refractivity contribution is 0.0394. The molecule has 6 nitrogen and oxygen atoms in total. The minimum atomic E-state index is -0.900. The van der Waals surface area contributed by atoms with Crippen LogP contribution in [0.5, 0.6) is 0 Å². The molecule has 6 heteroatoms. The average Bonchev–Trinajstić information content (AvgIpc) is 2.60. The Hall–Kier alpha value is -1.01. The van der Waals surface area contributed by atoms with Crippen LogP contribution in [0.25, 0.3) is 0 Å². The molecule has 1 saturated heterocycles. The van der Waals surface area contributed by atoms with Gasteiger partial charge in [-0.1, -0.05) is 0 Å². The molecule has 0 amide bonds. The fourth-order valence-corrected chi connectivity index (χ4v) is 1.63. The van der Waals surface area contributed by atoms with Crippen molar-refractivity contribution in [2.45, 2.75) is 12.0 Å². The monoisotopic (exact) mass is 183 g/mol. The molecule has 2 rings (SSSR count). The molecule has 0 saturated carbocycles. The summed E-state index contributed by atoms with van der Waals surface area (Å²) >= 11 is 0. The van der Waals surface area contributed by atoms with Crippen molar-refractivity contribution in [1.29, 1.82) is 0 Å². The molecule has 1 aromatic heterocycles. The normalized spacial score (nSPS) is 29.8. The van der Waals surface area contributed by atoms with E-state index in [-0.39, 0.29) is 0 Å². The van der Waals surface area contributed by atoms with Crippen LogP contribution >= 0.6 is 0 Å². The largest absolute Gasteiger partial charge is 0.380 e. The lowest BCUT2D eigenvalue weighted by Gasteiger charge is -2.17. The third-order valence-corrected chi connectivity index (χ3v) is 2.36. The maximum Gasteiger partial charge on any atom is 0.207 e. The number of nitrogens with zero attached hydrogens (tertiary/aromatic N) is 5. The number of likely N-dealkylation sites (tertiary alicyclic amines) is 1. The van der Waals surface area contributed by atoms with Gasteiger partial charge in [-0.25, -0.2) is 0 Å². The molecule has 0 aliphatic carbocycles. The van der Waals surface area contributed by atoms with Gasteiger partial charge in [-0.2, -0.15) is 4.80 Å². The van der Waals surface area contributed by atoms with Crippen LogP contribution in [-0.4, -0.2) is 50.4 Å². The zero-order valence-electron chi connectivity index (χ0n) is 7.80. The number of aromatic nitrogens is 4. The number of aryl methyl sites for hydroxylation is 1. The number of β-amino-alcohol motifs (C(OH)–C–C–N with tert-alkyl or cyclic N) is 1. The van der Waals surface area contributed by atoms with E-state index in [1.165, 1.54) is 4.80 Å². The zero-order chi connectivity index (χ0) is 9.47. The summed E-state index contributed by atoms with van der Waals surface area (Å²) in [5, 5.41) is 21.7. The van der Waals surface area contributed by atoms with E-state index in [1.54, 1.807) is 7.05 Å². The minimum Gasteiger partial charge on any atom is -0.380 e. The van der Waals surface area contributed by atoms with Gasteiger partial charge in [0.15, 0.2) is 0 Å². The van der Waals surface area contributed by atoms with Gasteiger partial charge in [0.1, 0.15) is 5.60 Å². The average molecular weight is 183 g/mol. The highest BCUT2D eigenvalue weighted by atomic mass is 16.3. The van der Waals surface area contributed by atoms with E-state index in [9.17, 15) is 5.11 Å². The van der Waals surface area contributed by atoms with Crippen LogP contribution in [0.15, 0.2) is 0 Å². The zero-order valence-corrected chi connectivity index (χ0v) is 7.80. The lowest BCUT2D eigenvalue weighted by atomic mass is 10.0. The first-order valence-corrected chi connectivity index (χ1v) is 4.25. The van der Waals surface area contributed by atoms with Crippen molar-refractivity contribution in [2.75, 3.05) is 20.1 Å². The Morgan fingerprint density at radius 1 is 1.46 bits per heavy atom. The van der Waals surface area contributed by atoms with Gasteiger partial charge in [-0.15, -0.1) is 10.2 Å². The van der Waals surface area contributed by atoms with Crippen LogP contribution in [0.1, 0.15) is 12.2 Å². The number of hydrogen-bond donors (Lipinski definition) is 1. The van der Waals surface area contributed by atoms with E-state index >= 15 is 0 Å². The van der Waals surface area contributed by atoms with Gasteiger partial charge in [-0.3, -0.25) is 0 Å². The number of hydrogen-bond acceptors (Lipinski definition) is 5. The van der Waals surface area contributed by atoms with Crippen molar-refractivity contribution >= 4 is 0 Å². The predicted molar refractivity (Wildman–Crippen MR) is 44.8 cm³/mol. The molecule has 1 N–H and O–H groups in total. The summed E-state index contributed by atoms with van der Waals surface area (Å²) in [4.78, 5) is 3.42. The van der Waals surface area contributed by atoms with Crippen LogP contribution in [-0.2, 0) is 12.6 Å². The van der Waals surface area contributed by atoms with E-state index in [2.05, 4.69) is 20.3 Å². The summed E-state index contributed by atoms with van der Waals surface area (Å²) < 4.78 is 0. The number of aliphatic hydroxyl groups is 1. The number of rotatable bonds is 1. The highest BCUT2D eigenvalue weighted by Gasteiger charge is 2.39. The van der Waals surface area contributed by atoms with Crippen molar-refractivity contribution in [3.8, 4) is 0 Å². The summed E-state index contributed by atoms with van der Waals surface area (Å²) in [6, 6.07) is 0. The minimum absolute atomic E-state index is 0.430. The quantitative estimate of drug-likeness (QED) is 0.588. The second kappa shape index (κ2) is 2.74. The maximum atomic E-state index is 10.1. The molecule has 0 spiro atoms. The first-order chi connectivity index (χ1) is 6.10. The smallest absolute Gasteiger partial charge is 0.207 e. The summed E-state index contributed by atoms with van der Waals surface area (Å²) in [6.45, 7) is 1.45. The highest BCUT2D eigenvalue weighted by Crippen LogP contribution is 2.27. The van der Waals surface area contributed by atoms with E-state index < -0.39 is 5.60 Å². The Labute approximate surface area is 76.2 Å². The molecule has 1 aliphatic heterocycles. The molecule has 0 radical (unpaired) electrons. The molecule has 0 bridgehead atoms. The van der Waals surface area contributed by atoms with Crippen molar-refractivity contribution in [1.82, 2.24) is 25.1 Å². The fraction of sp³-hybridized carbons (Fsp3) is 0.857. The predicted octanol–water partition coefficient (Wildman–Crippen LogP) is -1.27. The van der Waals surface area contributed by atoms with E-state index in [4.69, 9.17) is 0 Å². The highest BCUT2D eigenvalue weighted by molar-refractivity contribution is 5.02. The van der Waals surface area contributed by atoms with E-state index in [0.29, 0.717) is 18.8 Å². The Bertz CT molecular complexity index is 312. The van der Waals surface area contributed by atoms with Gasteiger partial charge in [-0.05, 0) is 18.7 Å². The second-order valence-electron chi connectivity index (χ2n) is 3.62. The first kappa shape index (κ1) is 8.58. The Kier molecular flexibility index (Phi) is 1.81. The molecule has 1 aromatic rings.